The van der Waals surface area contributed by atoms with Gasteiger partial charge in [0, 0.05) is 16.2 Å². The van der Waals surface area contributed by atoms with Crippen LogP contribution in [0, 0.1) is 20.2 Å². The van der Waals surface area contributed by atoms with Gasteiger partial charge in [-0.05, 0) is 65.9 Å². The minimum absolute atomic E-state index is 0.0642. The Hall–Kier alpha value is -4.76. The number of amides is 3. The van der Waals surface area contributed by atoms with E-state index >= 15 is 0 Å². The van der Waals surface area contributed by atoms with Gasteiger partial charge in [0.15, 0.2) is 11.5 Å². The fraction of sp³-hybridized carbons (Fsp3) is 0.0800. The number of nitro benzene ring substituents is 2. The zero-order chi connectivity index (χ0) is 29.0. The van der Waals surface area contributed by atoms with Gasteiger partial charge in [0.25, 0.3) is 16.8 Å². The molecule has 0 aliphatic carbocycles. The number of carbonyl (C=O) groups excluding carboxylic acids is 3. The standard InChI is InChI=1S/C25H17BrN4O9S/c1-38-21-10-14(2-8-20(21)39-19-9-7-17(29(34)35)12-18(19)30(36)37)11-22-24(32)28(25(33)40-22)13-23(31)27-16-5-3-15(26)4-6-16/h2-12H,13H2,1H3,(H,27,31)/b22-11+. The van der Waals surface area contributed by atoms with E-state index in [2.05, 4.69) is 21.2 Å². The number of thioether (sulfide) groups is 1. The van der Waals surface area contributed by atoms with E-state index in [1.165, 1.54) is 31.4 Å². The molecule has 204 valence electrons. The normalized spacial score (nSPS) is 13.8. The largest absolute Gasteiger partial charge is 0.493 e. The molecule has 0 radical (unpaired) electrons. The number of nitrogens with zero attached hydrogens (tertiary/aromatic N) is 3. The van der Waals surface area contributed by atoms with Crippen molar-refractivity contribution in [2.45, 2.75) is 0 Å². The van der Waals surface area contributed by atoms with Crippen molar-refractivity contribution >= 4 is 67.9 Å². The van der Waals surface area contributed by atoms with Crippen LogP contribution < -0.4 is 14.8 Å². The van der Waals surface area contributed by atoms with Crippen molar-refractivity contribution in [2.24, 2.45) is 0 Å². The highest BCUT2D eigenvalue weighted by Crippen LogP contribution is 2.39. The number of methoxy groups -OCH3 is 1. The van der Waals surface area contributed by atoms with E-state index in [1.54, 1.807) is 24.3 Å². The van der Waals surface area contributed by atoms with Gasteiger partial charge in [-0.1, -0.05) is 22.0 Å². The highest BCUT2D eigenvalue weighted by molar-refractivity contribution is 9.10. The van der Waals surface area contributed by atoms with Crippen LogP contribution in [-0.2, 0) is 9.59 Å². The minimum atomic E-state index is -0.807. The first-order chi connectivity index (χ1) is 19.0. The van der Waals surface area contributed by atoms with Crippen molar-refractivity contribution in [1.29, 1.82) is 0 Å². The summed E-state index contributed by atoms with van der Waals surface area (Å²) in [7, 11) is 1.33. The monoisotopic (exact) mass is 628 g/mol. The molecule has 1 aliphatic rings. The van der Waals surface area contributed by atoms with Crippen LogP contribution in [0.1, 0.15) is 5.56 Å². The molecule has 4 rings (SSSR count). The van der Waals surface area contributed by atoms with Crippen molar-refractivity contribution in [3.05, 3.63) is 95.8 Å². The van der Waals surface area contributed by atoms with Crippen LogP contribution in [0.2, 0.25) is 0 Å². The van der Waals surface area contributed by atoms with E-state index in [-0.39, 0.29) is 22.2 Å². The molecular formula is C25H17BrN4O9S. The van der Waals surface area contributed by atoms with Gasteiger partial charge in [-0.2, -0.15) is 0 Å². The third-order valence-corrected chi connectivity index (χ3v) is 6.79. The quantitative estimate of drug-likeness (QED) is 0.175. The zero-order valence-electron chi connectivity index (χ0n) is 20.4. The fourth-order valence-corrected chi connectivity index (χ4v) is 4.59. The van der Waals surface area contributed by atoms with E-state index in [1.807, 2.05) is 0 Å². The first-order valence-corrected chi connectivity index (χ1v) is 12.8. The molecule has 15 heteroatoms. The SMILES string of the molecule is COc1cc(/C=C2/SC(=O)N(CC(=O)Nc3ccc(Br)cc3)C2=O)ccc1Oc1ccc([N+](=O)[O-])cc1[N+](=O)[O-]. The number of imide groups is 1. The predicted molar refractivity (Wildman–Crippen MR) is 148 cm³/mol. The summed E-state index contributed by atoms with van der Waals surface area (Å²) in [6, 6.07) is 14.2. The number of benzene rings is 3. The Balaban J connectivity index is 1.50. The second kappa shape index (κ2) is 12.0. The summed E-state index contributed by atoms with van der Waals surface area (Å²) in [6.07, 6.45) is 1.43. The maximum absolute atomic E-state index is 12.9. The number of ether oxygens (including phenoxy) is 2. The number of carbonyl (C=O) groups is 3. The first-order valence-electron chi connectivity index (χ1n) is 11.1. The van der Waals surface area contributed by atoms with Gasteiger partial charge >= 0.3 is 5.69 Å². The number of non-ortho nitro benzene ring substituents is 1. The Morgan fingerprint density at radius 1 is 1.00 bits per heavy atom. The van der Waals surface area contributed by atoms with E-state index in [4.69, 9.17) is 9.47 Å². The fourth-order valence-electron chi connectivity index (χ4n) is 3.49. The van der Waals surface area contributed by atoms with Gasteiger partial charge in [-0.3, -0.25) is 39.5 Å². The Bertz CT molecular complexity index is 1580. The number of hydrogen-bond acceptors (Lipinski definition) is 10. The molecule has 0 atom stereocenters. The van der Waals surface area contributed by atoms with Crippen LogP contribution in [0.3, 0.4) is 0 Å². The molecule has 3 amide bonds. The Labute approximate surface area is 238 Å². The smallest absolute Gasteiger partial charge is 0.318 e. The van der Waals surface area contributed by atoms with Crippen LogP contribution in [0.4, 0.5) is 21.9 Å². The average Bonchev–Trinajstić information content (AvgIpc) is 3.17. The van der Waals surface area contributed by atoms with Gasteiger partial charge in [-0.25, -0.2) is 0 Å². The van der Waals surface area contributed by atoms with Gasteiger partial charge in [0.2, 0.25) is 11.7 Å². The van der Waals surface area contributed by atoms with Gasteiger partial charge in [0.1, 0.15) is 6.54 Å². The molecule has 0 aromatic heterocycles. The number of halogens is 1. The molecule has 1 saturated heterocycles. The highest BCUT2D eigenvalue weighted by atomic mass is 79.9. The molecular weight excluding hydrogens is 612 g/mol. The number of hydrogen-bond donors (Lipinski definition) is 1. The summed E-state index contributed by atoms with van der Waals surface area (Å²) in [4.78, 5) is 59.4. The third kappa shape index (κ3) is 6.44. The third-order valence-electron chi connectivity index (χ3n) is 5.36. The summed E-state index contributed by atoms with van der Waals surface area (Å²) < 4.78 is 11.8. The van der Waals surface area contributed by atoms with Crippen molar-refractivity contribution in [1.82, 2.24) is 4.90 Å². The van der Waals surface area contributed by atoms with Crippen molar-refractivity contribution < 1.29 is 33.7 Å². The summed E-state index contributed by atoms with van der Waals surface area (Å²) in [5.41, 5.74) is -0.143. The molecule has 40 heavy (non-hydrogen) atoms. The van der Waals surface area contributed by atoms with Crippen molar-refractivity contribution in [2.75, 3.05) is 19.0 Å². The first kappa shape index (κ1) is 28.3. The molecule has 1 heterocycles. The maximum Gasteiger partial charge on any atom is 0.318 e. The number of anilines is 1. The summed E-state index contributed by atoms with van der Waals surface area (Å²) in [5.74, 6) is -1.25. The second-order valence-electron chi connectivity index (χ2n) is 8.00. The van der Waals surface area contributed by atoms with Gasteiger partial charge in [0.05, 0.1) is 27.9 Å². The van der Waals surface area contributed by atoms with E-state index < -0.39 is 44.8 Å². The van der Waals surface area contributed by atoms with Gasteiger partial charge < -0.3 is 14.8 Å². The molecule has 1 aliphatic heterocycles. The zero-order valence-corrected chi connectivity index (χ0v) is 22.8. The summed E-state index contributed by atoms with van der Waals surface area (Å²) in [6.45, 7) is -0.470. The molecule has 3 aromatic rings. The topological polar surface area (TPSA) is 171 Å². The lowest BCUT2D eigenvalue weighted by Gasteiger charge is -2.12. The molecule has 0 saturated carbocycles. The predicted octanol–water partition coefficient (Wildman–Crippen LogP) is 5.74. The molecule has 0 spiro atoms. The van der Waals surface area contributed by atoms with Crippen molar-refractivity contribution in [3.8, 4) is 17.2 Å². The van der Waals surface area contributed by atoms with E-state index in [0.717, 1.165) is 27.6 Å². The highest BCUT2D eigenvalue weighted by Gasteiger charge is 2.36. The molecule has 0 unspecified atom stereocenters. The van der Waals surface area contributed by atoms with Crippen LogP contribution in [0.15, 0.2) is 70.0 Å². The van der Waals surface area contributed by atoms with Crippen LogP contribution in [0.5, 0.6) is 17.2 Å². The Morgan fingerprint density at radius 2 is 1.70 bits per heavy atom. The minimum Gasteiger partial charge on any atom is -0.493 e. The lowest BCUT2D eigenvalue weighted by molar-refractivity contribution is -0.394. The van der Waals surface area contributed by atoms with Gasteiger partial charge in [-0.15, -0.1) is 0 Å². The molecule has 1 fully saturated rings. The lowest BCUT2D eigenvalue weighted by Crippen LogP contribution is -2.36. The second-order valence-corrected chi connectivity index (χ2v) is 9.91. The van der Waals surface area contributed by atoms with E-state index in [9.17, 15) is 34.6 Å². The van der Waals surface area contributed by atoms with Crippen LogP contribution in [0.25, 0.3) is 6.08 Å². The Morgan fingerprint density at radius 3 is 2.35 bits per heavy atom. The summed E-state index contributed by atoms with van der Waals surface area (Å²) >= 11 is 3.96. The number of nitro groups is 2. The molecule has 0 bridgehead atoms. The summed E-state index contributed by atoms with van der Waals surface area (Å²) in [5, 5.41) is 24.4. The van der Waals surface area contributed by atoms with Crippen LogP contribution in [-0.4, -0.2) is 45.5 Å². The molecule has 1 N–H and O–H groups in total. The average molecular weight is 629 g/mol. The molecule has 13 nitrogen and oxygen atoms in total. The van der Waals surface area contributed by atoms with E-state index in [0.29, 0.717) is 23.0 Å². The Kier molecular flexibility index (Phi) is 8.45. The van der Waals surface area contributed by atoms with Crippen molar-refractivity contribution in [3.63, 3.8) is 0 Å². The number of rotatable bonds is 9. The number of nitrogens with one attached hydrogen (secondary N) is 1. The molecule has 3 aromatic carbocycles. The van der Waals surface area contributed by atoms with Crippen LogP contribution >= 0.6 is 27.7 Å². The maximum atomic E-state index is 12.9. The lowest BCUT2D eigenvalue weighted by atomic mass is 10.1.